The minimum atomic E-state index is -0.614. The Morgan fingerprint density at radius 2 is 1.73 bits per heavy atom. The number of pyridine rings is 1. The lowest BCUT2D eigenvalue weighted by Gasteiger charge is -2.12. The Bertz CT molecular complexity index is 837. The van der Waals surface area contributed by atoms with E-state index in [0.29, 0.717) is 11.3 Å². The number of anilines is 1. The lowest BCUT2D eigenvalue weighted by Crippen LogP contribution is -2.16. The fraction of sp³-hybridized carbons (Fsp3) is 0.188. The summed E-state index contributed by atoms with van der Waals surface area (Å²) >= 11 is 0. The number of nitriles is 2. The van der Waals surface area contributed by atoms with Crippen LogP contribution < -0.4 is 16.0 Å². The number of nitrogens with one attached hydrogen (secondary N) is 1. The Hall–Kier alpha value is -3.25. The molecule has 0 bridgehead atoms. The molecular weight excluding hydrogens is 280 g/mol. The van der Waals surface area contributed by atoms with Crippen molar-refractivity contribution < 1.29 is 4.74 Å². The van der Waals surface area contributed by atoms with Gasteiger partial charge in [0, 0.05) is 5.56 Å². The van der Waals surface area contributed by atoms with Crippen LogP contribution in [-0.2, 0) is 0 Å². The third-order valence-corrected chi connectivity index (χ3v) is 2.98. The number of benzene rings is 1. The predicted octanol–water partition coefficient (Wildman–Crippen LogP) is 2.15. The highest BCUT2D eigenvalue weighted by molar-refractivity contribution is 5.80. The van der Waals surface area contributed by atoms with Gasteiger partial charge in [-0.1, -0.05) is 12.1 Å². The zero-order valence-corrected chi connectivity index (χ0v) is 12.2. The van der Waals surface area contributed by atoms with E-state index in [0.717, 1.165) is 0 Å². The average molecular weight is 294 g/mol. The molecule has 6 heteroatoms. The van der Waals surface area contributed by atoms with Crippen LogP contribution in [-0.4, -0.2) is 11.1 Å². The quantitative estimate of drug-likeness (QED) is 0.899. The largest absolute Gasteiger partial charge is 0.491 e. The van der Waals surface area contributed by atoms with Crippen molar-refractivity contribution in [3.05, 3.63) is 45.7 Å². The molecule has 0 radical (unpaired) electrons. The molecule has 0 unspecified atom stereocenters. The molecule has 0 atom stereocenters. The number of nitrogens with two attached hydrogens (primary N) is 1. The summed E-state index contributed by atoms with van der Waals surface area (Å²) in [6.45, 7) is 3.82. The van der Waals surface area contributed by atoms with Gasteiger partial charge in [-0.05, 0) is 31.5 Å². The summed E-state index contributed by atoms with van der Waals surface area (Å²) in [4.78, 5) is 14.2. The number of nitrogen functional groups attached to an aromatic ring is 1. The highest BCUT2D eigenvalue weighted by Gasteiger charge is 2.18. The molecular formula is C16H14N4O2. The molecule has 0 saturated carbocycles. The molecule has 1 heterocycles. The Kier molecular flexibility index (Phi) is 4.15. The molecule has 0 aliphatic rings. The van der Waals surface area contributed by atoms with Crippen molar-refractivity contribution in [2.45, 2.75) is 20.0 Å². The molecule has 6 nitrogen and oxygen atoms in total. The van der Waals surface area contributed by atoms with E-state index in [-0.39, 0.29) is 28.6 Å². The van der Waals surface area contributed by atoms with Crippen LogP contribution in [0.25, 0.3) is 11.1 Å². The second-order valence-electron chi connectivity index (χ2n) is 4.91. The van der Waals surface area contributed by atoms with Gasteiger partial charge in [-0.3, -0.25) is 4.79 Å². The first kappa shape index (κ1) is 15.1. The van der Waals surface area contributed by atoms with E-state index in [4.69, 9.17) is 10.5 Å². The van der Waals surface area contributed by atoms with Gasteiger partial charge in [0.1, 0.15) is 34.8 Å². The second-order valence-corrected chi connectivity index (χ2v) is 4.91. The normalized spacial score (nSPS) is 10.0. The third-order valence-electron chi connectivity index (χ3n) is 2.98. The Morgan fingerprint density at radius 3 is 2.23 bits per heavy atom. The minimum absolute atomic E-state index is 0.0328. The van der Waals surface area contributed by atoms with Crippen molar-refractivity contribution >= 4 is 5.82 Å². The summed E-state index contributed by atoms with van der Waals surface area (Å²) < 4.78 is 5.54. The molecule has 3 N–H and O–H groups in total. The molecule has 0 aliphatic heterocycles. The molecule has 0 fully saturated rings. The molecule has 110 valence electrons. The summed E-state index contributed by atoms with van der Waals surface area (Å²) in [5, 5.41) is 18.5. The number of hydrogen-bond donors (Lipinski definition) is 2. The van der Waals surface area contributed by atoms with Crippen molar-refractivity contribution in [2.75, 3.05) is 5.73 Å². The first-order valence-corrected chi connectivity index (χ1v) is 6.61. The van der Waals surface area contributed by atoms with Crippen molar-refractivity contribution in [2.24, 2.45) is 0 Å². The van der Waals surface area contributed by atoms with Crippen molar-refractivity contribution in [3.63, 3.8) is 0 Å². The van der Waals surface area contributed by atoms with Gasteiger partial charge in [-0.15, -0.1) is 0 Å². The Labute approximate surface area is 127 Å². The van der Waals surface area contributed by atoms with Crippen molar-refractivity contribution in [1.82, 2.24) is 4.98 Å². The van der Waals surface area contributed by atoms with E-state index >= 15 is 0 Å². The third kappa shape index (κ3) is 2.77. The smallest absolute Gasteiger partial charge is 0.268 e. The van der Waals surface area contributed by atoms with Crippen LogP contribution in [0.4, 0.5) is 5.82 Å². The summed E-state index contributed by atoms with van der Waals surface area (Å²) in [6, 6.07) is 10.6. The first-order valence-electron chi connectivity index (χ1n) is 6.61. The zero-order valence-electron chi connectivity index (χ0n) is 12.2. The van der Waals surface area contributed by atoms with Gasteiger partial charge in [0.2, 0.25) is 0 Å². The monoisotopic (exact) mass is 294 g/mol. The number of aromatic amines is 1. The van der Waals surface area contributed by atoms with E-state index in [1.807, 2.05) is 26.0 Å². The predicted molar refractivity (Wildman–Crippen MR) is 82.1 cm³/mol. The van der Waals surface area contributed by atoms with Crippen LogP contribution in [0.2, 0.25) is 0 Å². The van der Waals surface area contributed by atoms with E-state index in [9.17, 15) is 15.3 Å². The Morgan fingerprint density at radius 1 is 1.14 bits per heavy atom. The van der Waals surface area contributed by atoms with Crippen molar-refractivity contribution in [3.8, 4) is 29.0 Å². The van der Waals surface area contributed by atoms with Gasteiger partial charge in [-0.25, -0.2) is 0 Å². The van der Waals surface area contributed by atoms with Gasteiger partial charge in [-0.2, -0.15) is 10.5 Å². The number of rotatable bonds is 3. The van der Waals surface area contributed by atoms with Crippen LogP contribution in [0.15, 0.2) is 29.1 Å². The first-order chi connectivity index (χ1) is 10.5. The molecule has 1 aromatic carbocycles. The van der Waals surface area contributed by atoms with E-state index in [1.54, 1.807) is 24.3 Å². The molecule has 0 aliphatic carbocycles. The standard InChI is InChI=1S/C16H14N4O2/c1-9(2)22-11-5-3-10(4-6-11)14-12(7-17)15(19)20-16(21)13(14)8-18/h3-6,9H,1-2H3,(H3,19,20,21). The Balaban J connectivity index is 2.65. The topological polar surface area (TPSA) is 116 Å². The maximum absolute atomic E-state index is 11.9. The van der Waals surface area contributed by atoms with E-state index < -0.39 is 5.56 Å². The van der Waals surface area contributed by atoms with Crippen LogP contribution in [0, 0.1) is 22.7 Å². The molecule has 0 saturated heterocycles. The van der Waals surface area contributed by atoms with Gasteiger partial charge in [0.25, 0.3) is 5.56 Å². The van der Waals surface area contributed by atoms with E-state index in [1.165, 1.54) is 0 Å². The highest BCUT2D eigenvalue weighted by atomic mass is 16.5. The molecule has 2 aromatic rings. The molecule has 1 aromatic heterocycles. The van der Waals surface area contributed by atoms with Gasteiger partial charge < -0.3 is 15.5 Å². The lowest BCUT2D eigenvalue weighted by molar-refractivity contribution is 0.242. The number of H-pyrrole nitrogens is 1. The zero-order chi connectivity index (χ0) is 16.3. The van der Waals surface area contributed by atoms with Gasteiger partial charge >= 0.3 is 0 Å². The lowest BCUT2D eigenvalue weighted by atomic mass is 9.96. The maximum Gasteiger partial charge on any atom is 0.268 e. The summed E-state index contributed by atoms with van der Waals surface area (Å²) in [6.07, 6.45) is 0.0328. The molecule has 0 amide bonds. The maximum atomic E-state index is 11.9. The van der Waals surface area contributed by atoms with Gasteiger partial charge in [0.15, 0.2) is 0 Å². The molecule has 2 rings (SSSR count). The summed E-state index contributed by atoms with van der Waals surface area (Å²) in [5.74, 6) is 0.609. The average Bonchev–Trinajstić information content (AvgIpc) is 2.47. The molecule has 22 heavy (non-hydrogen) atoms. The fourth-order valence-corrected chi connectivity index (χ4v) is 2.10. The number of nitrogens with zero attached hydrogens (tertiary/aromatic N) is 2. The fourth-order valence-electron chi connectivity index (χ4n) is 2.10. The van der Waals surface area contributed by atoms with E-state index in [2.05, 4.69) is 4.98 Å². The van der Waals surface area contributed by atoms with Crippen LogP contribution in [0.1, 0.15) is 25.0 Å². The number of aromatic nitrogens is 1. The highest BCUT2D eigenvalue weighted by Crippen LogP contribution is 2.29. The van der Waals surface area contributed by atoms with Crippen LogP contribution in [0.3, 0.4) is 0 Å². The van der Waals surface area contributed by atoms with Crippen molar-refractivity contribution in [1.29, 1.82) is 10.5 Å². The number of hydrogen-bond acceptors (Lipinski definition) is 5. The van der Waals surface area contributed by atoms with Crippen LogP contribution in [0.5, 0.6) is 5.75 Å². The number of ether oxygens (including phenoxy) is 1. The summed E-state index contributed by atoms with van der Waals surface area (Å²) in [5.41, 5.74) is 5.80. The van der Waals surface area contributed by atoms with Gasteiger partial charge in [0.05, 0.1) is 6.10 Å². The van der Waals surface area contributed by atoms with Crippen LogP contribution >= 0.6 is 0 Å². The summed E-state index contributed by atoms with van der Waals surface area (Å²) in [7, 11) is 0. The minimum Gasteiger partial charge on any atom is -0.491 e. The molecule has 0 spiro atoms. The second kappa shape index (κ2) is 6.02. The SMILES string of the molecule is CC(C)Oc1ccc(-c2c(C#N)c(N)[nH]c(=O)c2C#N)cc1.